The summed E-state index contributed by atoms with van der Waals surface area (Å²) in [6.07, 6.45) is 5.88. The van der Waals surface area contributed by atoms with E-state index >= 15 is 0 Å². The molecule has 5 nitrogen and oxygen atoms in total. The van der Waals surface area contributed by atoms with E-state index in [0.717, 1.165) is 6.54 Å². The number of hydrogen-bond donors (Lipinski definition) is 2. The summed E-state index contributed by atoms with van der Waals surface area (Å²) in [6.45, 7) is 4.55. The van der Waals surface area contributed by atoms with Crippen LogP contribution in [0.5, 0.6) is 0 Å². The quantitative estimate of drug-likeness (QED) is 0.727. The van der Waals surface area contributed by atoms with Gasteiger partial charge in [0.25, 0.3) is 0 Å². The first-order chi connectivity index (χ1) is 7.13. The molecule has 1 rings (SSSR count). The van der Waals surface area contributed by atoms with Gasteiger partial charge < -0.3 is 15.0 Å². The Hall–Kier alpha value is -1.36. The molecule has 0 saturated carbocycles. The molecule has 2 N–H and O–H groups in total. The monoisotopic (exact) mass is 211 g/mol. The maximum atomic E-state index is 10.8. The molecule has 5 heteroatoms. The lowest BCUT2D eigenvalue weighted by molar-refractivity contribution is -0.139. The molecule has 84 valence electrons. The van der Waals surface area contributed by atoms with E-state index in [9.17, 15) is 4.79 Å². The zero-order valence-electron chi connectivity index (χ0n) is 9.05. The number of carbonyl (C=O) groups is 1. The SMILES string of the molecule is CCC(NC(C)Cn1ccnc1)C(=O)O. The molecule has 0 radical (unpaired) electrons. The number of aromatic nitrogens is 2. The predicted molar refractivity (Wildman–Crippen MR) is 56.5 cm³/mol. The Morgan fingerprint density at radius 3 is 2.87 bits per heavy atom. The molecule has 0 aliphatic carbocycles. The van der Waals surface area contributed by atoms with Crippen molar-refractivity contribution in [2.75, 3.05) is 0 Å². The van der Waals surface area contributed by atoms with Gasteiger partial charge >= 0.3 is 5.97 Å². The smallest absolute Gasteiger partial charge is 0.320 e. The average Bonchev–Trinajstić information content (AvgIpc) is 2.66. The van der Waals surface area contributed by atoms with Crippen molar-refractivity contribution in [3.8, 4) is 0 Å². The van der Waals surface area contributed by atoms with Gasteiger partial charge in [0.05, 0.1) is 6.33 Å². The Morgan fingerprint density at radius 2 is 2.40 bits per heavy atom. The maximum Gasteiger partial charge on any atom is 0.320 e. The third-order valence-corrected chi connectivity index (χ3v) is 2.24. The summed E-state index contributed by atoms with van der Waals surface area (Å²) >= 11 is 0. The van der Waals surface area contributed by atoms with Crippen LogP contribution >= 0.6 is 0 Å². The van der Waals surface area contributed by atoms with Gasteiger partial charge in [-0.15, -0.1) is 0 Å². The van der Waals surface area contributed by atoms with Crippen molar-refractivity contribution in [2.45, 2.75) is 38.9 Å². The fraction of sp³-hybridized carbons (Fsp3) is 0.600. The second-order valence-electron chi connectivity index (χ2n) is 3.63. The fourth-order valence-corrected chi connectivity index (χ4v) is 1.47. The van der Waals surface area contributed by atoms with Gasteiger partial charge in [-0.3, -0.25) is 4.79 Å². The number of nitrogens with zero attached hydrogens (tertiary/aromatic N) is 2. The third kappa shape index (κ3) is 3.71. The van der Waals surface area contributed by atoms with Crippen molar-refractivity contribution >= 4 is 5.97 Å². The highest BCUT2D eigenvalue weighted by Gasteiger charge is 2.16. The molecule has 2 unspecified atom stereocenters. The first-order valence-electron chi connectivity index (χ1n) is 5.08. The van der Waals surface area contributed by atoms with E-state index in [4.69, 9.17) is 5.11 Å². The highest BCUT2D eigenvalue weighted by Crippen LogP contribution is 1.97. The molecule has 0 aliphatic heterocycles. The highest BCUT2D eigenvalue weighted by molar-refractivity contribution is 5.73. The predicted octanol–water partition coefficient (Wildman–Crippen LogP) is 0.724. The van der Waals surface area contributed by atoms with Gasteiger partial charge in [-0.2, -0.15) is 0 Å². The molecule has 1 heterocycles. The average molecular weight is 211 g/mol. The lowest BCUT2D eigenvalue weighted by atomic mass is 10.2. The summed E-state index contributed by atoms with van der Waals surface area (Å²) in [5.74, 6) is -0.796. The number of hydrogen-bond acceptors (Lipinski definition) is 3. The number of imidazole rings is 1. The van der Waals surface area contributed by atoms with Gasteiger partial charge in [-0.05, 0) is 13.3 Å². The van der Waals surface area contributed by atoms with Crippen LogP contribution < -0.4 is 5.32 Å². The number of nitrogens with one attached hydrogen (secondary N) is 1. The third-order valence-electron chi connectivity index (χ3n) is 2.24. The van der Waals surface area contributed by atoms with Crippen LogP contribution in [-0.2, 0) is 11.3 Å². The Kier molecular flexibility index (Phi) is 4.30. The summed E-state index contributed by atoms with van der Waals surface area (Å²) in [7, 11) is 0. The van der Waals surface area contributed by atoms with Crippen molar-refractivity contribution in [1.82, 2.24) is 14.9 Å². The van der Waals surface area contributed by atoms with Crippen molar-refractivity contribution in [3.05, 3.63) is 18.7 Å². The number of carboxylic acid groups (broad SMARTS) is 1. The van der Waals surface area contributed by atoms with Gasteiger partial charge in [-0.25, -0.2) is 4.98 Å². The van der Waals surface area contributed by atoms with Crippen LogP contribution in [0.1, 0.15) is 20.3 Å². The molecule has 0 fully saturated rings. The van der Waals surface area contributed by atoms with Crippen LogP contribution in [0, 0.1) is 0 Å². The number of rotatable bonds is 6. The van der Waals surface area contributed by atoms with E-state index in [-0.39, 0.29) is 6.04 Å². The first kappa shape index (κ1) is 11.7. The largest absolute Gasteiger partial charge is 0.480 e. The van der Waals surface area contributed by atoms with Gasteiger partial charge in [0.15, 0.2) is 0 Å². The molecular formula is C10H17N3O2. The normalized spacial score (nSPS) is 14.8. The Bertz CT molecular complexity index is 298. The van der Waals surface area contributed by atoms with Crippen LogP contribution in [0.4, 0.5) is 0 Å². The molecule has 1 aromatic rings. The minimum absolute atomic E-state index is 0.111. The molecule has 2 atom stereocenters. The van der Waals surface area contributed by atoms with E-state index in [1.54, 1.807) is 12.5 Å². The lowest BCUT2D eigenvalue weighted by Gasteiger charge is -2.19. The topological polar surface area (TPSA) is 67.2 Å². The Morgan fingerprint density at radius 1 is 1.67 bits per heavy atom. The van der Waals surface area contributed by atoms with E-state index in [1.807, 2.05) is 24.6 Å². The fourth-order valence-electron chi connectivity index (χ4n) is 1.47. The molecule has 0 aromatic carbocycles. The molecule has 15 heavy (non-hydrogen) atoms. The summed E-state index contributed by atoms with van der Waals surface area (Å²) in [4.78, 5) is 14.7. The minimum Gasteiger partial charge on any atom is -0.480 e. The summed E-state index contributed by atoms with van der Waals surface area (Å²) < 4.78 is 1.92. The number of carboxylic acids is 1. The summed E-state index contributed by atoms with van der Waals surface area (Å²) in [5, 5.41) is 11.9. The zero-order chi connectivity index (χ0) is 11.3. The summed E-state index contributed by atoms with van der Waals surface area (Å²) in [6, 6.07) is -0.358. The van der Waals surface area contributed by atoms with Gasteiger partial charge in [-0.1, -0.05) is 6.92 Å². The molecule has 0 saturated heterocycles. The molecule has 0 aliphatic rings. The van der Waals surface area contributed by atoms with Crippen molar-refractivity contribution in [3.63, 3.8) is 0 Å². The van der Waals surface area contributed by atoms with Crippen molar-refractivity contribution < 1.29 is 9.90 Å². The maximum absolute atomic E-state index is 10.8. The van der Waals surface area contributed by atoms with E-state index in [0.29, 0.717) is 6.42 Å². The second kappa shape index (κ2) is 5.50. The van der Waals surface area contributed by atoms with Crippen LogP contribution in [0.2, 0.25) is 0 Å². The zero-order valence-corrected chi connectivity index (χ0v) is 9.05. The second-order valence-corrected chi connectivity index (χ2v) is 3.63. The lowest BCUT2D eigenvalue weighted by Crippen LogP contribution is -2.43. The highest BCUT2D eigenvalue weighted by atomic mass is 16.4. The molecule has 0 amide bonds. The van der Waals surface area contributed by atoms with Crippen LogP contribution in [0.3, 0.4) is 0 Å². The molecule has 1 aromatic heterocycles. The minimum atomic E-state index is -0.796. The van der Waals surface area contributed by atoms with Crippen molar-refractivity contribution in [1.29, 1.82) is 0 Å². The Balaban J connectivity index is 2.41. The molecule has 0 bridgehead atoms. The van der Waals surface area contributed by atoms with E-state index < -0.39 is 12.0 Å². The Labute approximate surface area is 89.1 Å². The van der Waals surface area contributed by atoms with Crippen molar-refractivity contribution in [2.24, 2.45) is 0 Å². The standard InChI is InChI=1S/C10H17N3O2/c1-3-9(10(14)15)12-8(2)6-13-5-4-11-7-13/h4-5,7-9,12H,3,6H2,1-2H3,(H,14,15). The molecule has 0 spiro atoms. The molecular weight excluding hydrogens is 194 g/mol. The van der Waals surface area contributed by atoms with Gasteiger partial charge in [0.1, 0.15) is 6.04 Å². The van der Waals surface area contributed by atoms with Crippen LogP contribution in [-0.4, -0.2) is 32.7 Å². The van der Waals surface area contributed by atoms with Gasteiger partial charge in [0.2, 0.25) is 0 Å². The number of aliphatic carboxylic acids is 1. The van der Waals surface area contributed by atoms with Crippen LogP contribution in [0.15, 0.2) is 18.7 Å². The van der Waals surface area contributed by atoms with Gasteiger partial charge in [0, 0.05) is 25.0 Å². The summed E-state index contributed by atoms with van der Waals surface area (Å²) in [5.41, 5.74) is 0. The van der Waals surface area contributed by atoms with E-state index in [2.05, 4.69) is 10.3 Å². The van der Waals surface area contributed by atoms with Crippen LogP contribution in [0.25, 0.3) is 0 Å². The van der Waals surface area contributed by atoms with E-state index in [1.165, 1.54) is 0 Å². The first-order valence-corrected chi connectivity index (χ1v) is 5.08.